The van der Waals surface area contributed by atoms with Crippen LogP contribution in [0.15, 0.2) is 30.3 Å². The Hall–Kier alpha value is -1.55. The van der Waals surface area contributed by atoms with E-state index in [9.17, 15) is 4.79 Å². The number of aliphatic hydroxyl groups is 1. The molecule has 0 heterocycles. The fourth-order valence-corrected chi connectivity index (χ4v) is 1.91. The Morgan fingerprint density at radius 3 is 2.59 bits per heavy atom. The van der Waals surface area contributed by atoms with Crippen LogP contribution in [0.2, 0.25) is 0 Å². The first-order valence-corrected chi connectivity index (χ1v) is 5.99. The molecule has 2 rings (SSSR count). The molecule has 0 aromatic heterocycles. The smallest absolute Gasteiger partial charge is 0.315 e. The van der Waals surface area contributed by atoms with Crippen molar-refractivity contribution in [3.63, 3.8) is 0 Å². The number of carbonyl (C=O) groups is 1. The summed E-state index contributed by atoms with van der Waals surface area (Å²) in [5.74, 6) is 0. The molecule has 1 aromatic carbocycles. The lowest BCUT2D eigenvalue weighted by atomic mass is 10.1. The molecule has 0 atom stereocenters. The van der Waals surface area contributed by atoms with E-state index < -0.39 is 0 Å². The predicted molar refractivity (Wildman–Crippen MR) is 65.6 cm³/mol. The Morgan fingerprint density at radius 2 is 2.00 bits per heavy atom. The van der Waals surface area contributed by atoms with Gasteiger partial charge >= 0.3 is 6.03 Å². The number of aliphatic hydroxyl groups excluding tert-OH is 1. The van der Waals surface area contributed by atoms with E-state index in [4.69, 9.17) is 5.11 Å². The van der Waals surface area contributed by atoms with E-state index in [0.29, 0.717) is 13.0 Å². The number of nitrogens with one attached hydrogen (secondary N) is 2. The van der Waals surface area contributed by atoms with Gasteiger partial charge in [-0.15, -0.1) is 0 Å². The molecule has 0 saturated heterocycles. The maximum Gasteiger partial charge on any atom is 0.315 e. The number of amides is 2. The summed E-state index contributed by atoms with van der Waals surface area (Å²) < 4.78 is 0. The van der Waals surface area contributed by atoms with Gasteiger partial charge < -0.3 is 15.7 Å². The summed E-state index contributed by atoms with van der Waals surface area (Å²) in [5, 5.41) is 14.4. The summed E-state index contributed by atoms with van der Waals surface area (Å²) in [5.41, 5.74) is 1.00. The van der Waals surface area contributed by atoms with Gasteiger partial charge in [0.05, 0.1) is 5.54 Å². The molecule has 4 nitrogen and oxygen atoms in total. The molecule has 1 aromatic rings. The second-order valence-corrected chi connectivity index (χ2v) is 4.41. The minimum atomic E-state index is -0.162. The average Bonchev–Trinajstić information content (AvgIpc) is 3.12. The van der Waals surface area contributed by atoms with Gasteiger partial charge in [0.1, 0.15) is 0 Å². The molecule has 92 valence electrons. The quantitative estimate of drug-likeness (QED) is 0.674. The van der Waals surface area contributed by atoms with Crippen molar-refractivity contribution in [2.45, 2.75) is 24.8 Å². The van der Waals surface area contributed by atoms with Crippen LogP contribution in [0.1, 0.15) is 24.8 Å². The van der Waals surface area contributed by atoms with E-state index in [2.05, 4.69) is 10.6 Å². The summed E-state index contributed by atoms with van der Waals surface area (Å²) in [6, 6.07) is 9.88. The Balaban J connectivity index is 1.88. The molecule has 1 saturated carbocycles. The first kappa shape index (κ1) is 11.9. The fraction of sp³-hybridized carbons (Fsp3) is 0.462. The van der Waals surface area contributed by atoms with E-state index in [0.717, 1.165) is 18.4 Å². The van der Waals surface area contributed by atoms with Gasteiger partial charge in [-0.3, -0.25) is 0 Å². The largest absolute Gasteiger partial charge is 0.396 e. The van der Waals surface area contributed by atoms with Crippen molar-refractivity contribution in [3.8, 4) is 0 Å². The van der Waals surface area contributed by atoms with Gasteiger partial charge in [-0.25, -0.2) is 4.79 Å². The lowest BCUT2D eigenvalue weighted by Crippen LogP contribution is -2.42. The topological polar surface area (TPSA) is 61.4 Å². The van der Waals surface area contributed by atoms with Gasteiger partial charge in [0.2, 0.25) is 0 Å². The van der Waals surface area contributed by atoms with Crippen molar-refractivity contribution >= 4 is 6.03 Å². The van der Waals surface area contributed by atoms with Gasteiger partial charge in [-0.05, 0) is 24.8 Å². The Bertz CT molecular complexity index is 374. The molecule has 1 fully saturated rings. The monoisotopic (exact) mass is 234 g/mol. The van der Waals surface area contributed by atoms with Crippen LogP contribution in [0, 0.1) is 0 Å². The van der Waals surface area contributed by atoms with E-state index in [1.54, 1.807) is 0 Å². The highest BCUT2D eigenvalue weighted by molar-refractivity contribution is 5.75. The third kappa shape index (κ3) is 2.97. The van der Waals surface area contributed by atoms with E-state index >= 15 is 0 Å². The number of urea groups is 1. The SMILES string of the molecule is O=C(NCCCO)NC1(c2ccccc2)CC1. The highest BCUT2D eigenvalue weighted by atomic mass is 16.3. The lowest BCUT2D eigenvalue weighted by molar-refractivity contribution is 0.233. The molecule has 0 radical (unpaired) electrons. The Morgan fingerprint density at radius 1 is 1.29 bits per heavy atom. The maximum absolute atomic E-state index is 11.6. The summed E-state index contributed by atoms with van der Waals surface area (Å²) in [4.78, 5) is 11.6. The van der Waals surface area contributed by atoms with Crippen LogP contribution >= 0.6 is 0 Å². The average molecular weight is 234 g/mol. The summed E-state index contributed by atoms with van der Waals surface area (Å²) >= 11 is 0. The van der Waals surface area contributed by atoms with Crippen LogP contribution in [-0.2, 0) is 5.54 Å². The highest BCUT2D eigenvalue weighted by Crippen LogP contribution is 2.45. The van der Waals surface area contributed by atoms with Crippen LogP contribution in [-0.4, -0.2) is 24.3 Å². The van der Waals surface area contributed by atoms with Crippen LogP contribution in [0.3, 0.4) is 0 Å². The molecule has 4 heteroatoms. The first-order valence-electron chi connectivity index (χ1n) is 5.99. The minimum absolute atomic E-state index is 0.101. The minimum Gasteiger partial charge on any atom is -0.396 e. The molecule has 0 bridgehead atoms. The van der Waals surface area contributed by atoms with Crippen LogP contribution in [0.4, 0.5) is 4.79 Å². The molecule has 17 heavy (non-hydrogen) atoms. The number of rotatable bonds is 5. The molecular weight excluding hydrogens is 216 g/mol. The second-order valence-electron chi connectivity index (χ2n) is 4.41. The van der Waals surface area contributed by atoms with Crippen molar-refractivity contribution in [2.75, 3.05) is 13.2 Å². The predicted octanol–water partition coefficient (Wildman–Crippen LogP) is 1.36. The van der Waals surface area contributed by atoms with Crippen molar-refractivity contribution in [1.82, 2.24) is 10.6 Å². The zero-order chi connectivity index (χ0) is 12.1. The number of benzene rings is 1. The molecule has 1 aliphatic rings. The van der Waals surface area contributed by atoms with Gasteiger partial charge in [0.15, 0.2) is 0 Å². The van der Waals surface area contributed by atoms with Crippen LogP contribution in [0.25, 0.3) is 0 Å². The summed E-state index contributed by atoms with van der Waals surface area (Å²) in [6.07, 6.45) is 2.57. The molecule has 2 amide bonds. The van der Waals surface area contributed by atoms with Crippen molar-refractivity contribution < 1.29 is 9.90 Å². The highest BCUT2D eigenvalue weighted by Gasteiger charge is 2.45. The van der Waals surface area contributed by atoms with Crippen molar-refractivity contribution in [1.29, 1.82) is 0 Å². The first-order chi connectivity index (χ1) is 8.27. The molecule has 0 spiro atoms. The number of hydrogen-bond acceptors (Lipinski definition) is 2. The summed E-state index contributed by atoms with van der Waals surface area (Å²) in [7, 11) is 0. The standard InChI is InChI=1S/C13H18N2O2/c16-10-4-9-14-12(17)15-13(7-8-13)11-5-2-1-3-6-11/h1-3,5-6,16H,4,7-10H2,(H2,14,15,17). The Labute approximate surface area is 101 Å². The van der Waals surface area contributed by atoms with Crippen LogP contribution < -0.4 is 10.6 Å². The molecule has 0 aliphatic heterocycles. The third-order valence-electron chi connectivity index (χ3n) is 3.05. The van der Waals surface area contributed by atoms with Crippen LogP contribution in [0.5, 0.6) is 0 Å². The van der Waals surface area contributed by atoms with Crippen molar-refractivity contribution in [3.05, 3.63) is 35.9 Å². The fourth-order valence-electron chi connectivity index (χ4n) is 1.91. The Kier molecular flexibility index (Phi) is 3.64. The third-order valence-corrected chi connectivity index (χ3v) is 3.05. The maximum atomic E-state index is 11.6. The molecular formula is C13H18N2O2. The van der Waals surface area contributed by atoms with E-state index in [-0.39, 0.29) is 18.2 Å². The normalized spacial score (nSPS) is 16.3. The molecule has 0 unspecified atom stereocenters. The van der Waals surface area contributed by atoms with Gasteiger partial charge in [0, 0.05) is 13.2 Å². The van der Waals surface area contributed by atoms with E-state index in [1.807, 2.05) is 30.3 Å². The van der Waals surface area contributed by atoms with E-state index in [1.165, 1.54) is 0 Å². The van der Waals surface area contributed by atoms with Gasteiger partial charge in [0.25, 0.3) is 0 Å². The lowest BCUT2D eigenvalue weighted by Gasteiger charge is -2.18. The summed E-state index contributed by atoms with van der Waals surface area (Å²) in [6.45, 7) is 0.608. The zero-order valence-corrected chi connectivity index (χ0v) is 9.78. The number of hydrogen-bond donors (Lipinski definition) is 3. The molecule has 1 aliphatic carbocycles. The number of carbonyl (C=O) groups excluding carboxylic acids is 1. The van der Waals surface area contributed by atoms with Crippen molar-refractivity contribution in [2.24, 2.45) is 0 Å². The second kappa shape index (κ2) is 5.19. The van der Waals surface area contributed by atoms with Gasteiger partial charge in [-0.1, -0.05) is 30.3 Å². The van der Waals surface area contributed by atoms with Gasteiger partial charge in [-0.2, -0.15) is 0 Å². The zero-order valence-electron chi connectivity index (χ0n) is 9.78. The molecule has 3 N–H and O–H groups in total.